The standard InChI is InChI=1S/2C16H13.C2H6Si.2ClH.Hf/c2*1-12-9-14-7-8-15(11-16(14)10-12)13-5-3-2-4-6-13;1-3-2;;;/h2*2-11H,1H3;1-2H3;2*1H;/q;;;;;+2/p-2. The van der Waals surface area contributed by atoms with E-state index in [1.165, 1.54) is 33.4 Å². The van der Waals surface area contributed by atoms with Crippen molar-refractivity contribution in [2.45, 2.75) is 34.3 Å². The Morgan fingerprint density at radius 2 is 0.921 bits per heavy atom. The van der Waals surface area contributed by atoms with Crippen LogP contribution in [0.4, 0.5) is 0 Å². The van der Waals surface area contributed by atoms with Crippen molar-refractivity contribution in [3.63, 3.8) is 0 Å². The molecule has 4 aromatic rings. The topological polar surface area (TPSA) is 0 Å². The summed E-state index contributed by atoms with van der Waals surface area (Å²) in [7, 11) is 0. The van der Waals surface area contributed by atoms with Crippen LogP contribution in [0.5, 0.6) is 0 Å². The van der Waals surface area contributed by atoms with E-state index in [-0.39, 0.29) is 30.3 Å². The molecule has 4 heteroatoms. The third-order valence-electron chi connectivity index (χ3n) is 7.89. The molecule has 0 spiro atoms. The van der Waals surface area contributed by atoms with E-state index in [1.54, 1.807) is 22.3 Å². The minimum absolute atomic E-state index is 0. The van der Waals surface area contributed by atoms with Gasteiger partial charge in [-0.3, -0.25) is 0 Å². The fourth-order valence-corrected chi connectivity index (χ4v) is 35.8. The zero-order chi connectivity index (χ0) is 24.8. The molecule has 0 heterocycles. The summed E-state index contributed by atoms with van der Waals surface area (Å²) in [6.45, 7) is 10.0. The molecule has 0 unspecified atom stereocenters. The van der Waals surface area contributed by atoms with Crippen LogP contribution < -0.4 is 24.8 Å². The molecule has 0 N–H and O–H groups in total. The largest absolute Gasteiger partial charge is 1.00 e. The molecule has 0 radical (unpaired) electrons. The van der Waals surface area contributed by atoms with E-state index in [2.05, 4.69) is 136 Å². The van der Waals surface area contributed by atoms with Gasteiger partial charge in [0, 0.05) is 0 Å². The number of allylic oxidation sites excluding steroid dienone is 2. The molecule has 4 aromatic carbocycles. The van der Waals surface area contributed by atoms with Gasteiger partial charge in [-0.1, -0.05) is 0 Å². The molecule has 0 aromatic heterocycles. The van der Waals surface area contributed by atoms with Gasteiger partial charge >= 0.3 is 225 Å². The Morgan fingerprint density at radius 1 is 0.526 bits per heavy atom. The summed E-state index contributed by atoms with van der Waals surface area (Å²) >= 11 is -2.19. The summed E-state index contributed by atoms with van der Waals surface area (Å²) in [6.07, 6.45) is 5.02. The van der Waals surface area contributed by atoms with Crippen LogP contribution in [0.15, 0.2) is 108 Å². The fraction of sp³-hybridized carbons (Fsp3) is 0.176. The number of fused-ring (bicyclic) bond motifs is 2. The second kappa shape index (κ2) is 12.0. The Hall–Kier alpha value is -1.97. The predicted molar refractivity (Wildman–Crippen MR) is 154 cm³/mol. The van der Waals surface area contributed by atoms with E-state index in [1.807, 2.05) is 0 Å². The molecular weight excluding hydrogens is 686 g/mol. The molecule has 0 saturated heterocycles. The first-order chi connectivity index (χ1) is 17.5. The third-order valence-corrected chi connectivity index (χ3v) is 36.2. The molecule has 0 fully saturated rings. The maximum atomic E-state index is 2.61. The SMILES string of the molecule is CC1=Cc2cc(-c3ccccc3)ccc2[C@@H]1[Hf+2]([C@H]1C(C)=Cc2cc(-c3ccccc3)ccc21)=[Si](C)C.[Cl-].[Cl-]. The second-order valence-electron chi connectivity index (χ2n) is 10.5. The zero-order valence-corrected chi connectivity index (χ0v) is 28.4. The van der Waals surface area contributed by atoms with Crippen molar-refractivity contribution in [1.82, 2.24) is 0 Å². The van der Waals surface area contributed by atoms with Gasteiger partial charge in [-0.2, -0.15) is 0 Å². The van der Waals surface area contributed by atoms with Crippen molar-refractivity contribution in [1.29, 1.82) is 0 Å². The Morgan fingerprint density at radius 3 is 1.29 bits per heavy atom. The molecule has 2 aliphatic carbocycles. The van der Waals surface area contributed by atoms with Crippen molar-refractivity contribution in [3.05, 3.63) is 130 Å². The Bertz CT molecular complexity index is 1450. The minimum atomic E-state index is -2.19. The number of benzene rings is 4. The molecule has 2 atom stereocenters. The molecule has 6 rings (SSSR count). The van der Waals surface area contributed by atoms with Gasteiger partial charge in [0.05, 0.1) is 0 Å². The molecule has 190 valence electrons. The van der Waals surface area contributed by atoms with Crippen LogP contribution in [-0.2, 0) is 20.1 Å². The van der Waals surface area contributed by atoms with Gasteiger partial charge in [-0.25, -0.2) is 0 Å². The van der Waals surface area contributed by atoms with Gasteiger partial charge in [-0.15, -0.1) is 0 Å². The number of halogens is 2. The first kappa shape index (κ1) is 29.0. The quantitative estimate of drug-likeness (QED) is 0.284. The average Bonchev–Trinajstić information content (AvgIpc) is 3.40. The average molecular weight is 718 g/mol. The van der Waals surface area contributed by atoms with E-state index in [0.717, 1.165) is 0 Å². The molecule has 0 amide bonds. The molecule has 0 aliphatic heterocycles. The van der Waals surface area contributed by atoms with E-state index in [0.29, 0.717) is 7.35 Å². The molecule has 0 nitrogen and oxygen atoms in total. The summed E-state index contributed by atoms with van der Waals surface area (Å²) in [5, 5.41) is 0. The normalized spacial score (nSPS) is 16.6. The van der Waals surface area contributed by atoms with Crippen LogP contribution in [0.25, 0.3) is 34.4 Å². The summed E-state index contributed by atoms with van der Waals surface area (Å²) in [6, 6.07) is 36.2. The van der Waals surface area contributed by atoms with Crippen LogP contribution in [0.2, 0.25) is 13.1 Å². The van der Waals surface area contributed by atoms with Gasteiger partial charge in [0.2, 0.25) is 0 Å². The number of rotatable bonds is 4. The predicted octanol–water partition coefficient (Wildman–Crippen LogP) is 3.51. The Labute approximate surface area is 247 Å². The van der Waals surface area contributed by atoms with E-state index in [4.69, 9.17) is 0 Å². The van der Waals surface area contributed by atoms with Crippen LogP contribution in [-0.4, -0.2) is 5.49 Å². The van der Waals surface area contributed by atoms with Gasteiger partial charge < -0.3 is 24.8 Å². The van der Waals surface area contributed by atoms with Crippen molar-refractivity contribution in [3.8, 4) is 22.3 Å². The van der Waals surface area contributed by atoms with E-state index in [9.17, 15) is 0 Å². The van der Waals surface area contributed by atoms with Crippen molar-refractivity contribution in [2.75, 3.05) is 0 Å². The molecular formula is C34H32Cl2HfSi. The van der Waals surface area contributed by atoms with Gasteiger partial charge in [-0.05, 0) is 0 Å². The van der Waals surface area contributed by atoms with Crippen molar-refractivity contribution >= 4 is 17.6 Å². The number of hydrogen-bond donors (Lipinski definition) is 0. The van der Waals surface area contributed by atoms with Crippen molar-refractivity contribution < 1.29 is 44.9 Å². The molecule has 0 bridgehead atoms. The molecule has 38 heavy (non-hydrogen) atoms. The van der Waals surface area contributed by atoms with Crippen LogP contribution in [0, 0.1) is 0 Å². The summed E-state index contributed by atoms with van der Waals surface area (Å²) < 4.78 is 1.40. The maximum Gasteiger partial charge on any atom is -1.00 e. The fourth-order valence-electron chi connectivity index (χ4n) is 6.26. The zero-order valence-electron chi connectivity index (χ0n) is 22.3. The number of hydrogen-bond acceptors (Lipinski definition) is 0. The molecule has 2 aliphatic rings. The van der Waals surface area contributed by atoms with Gasteiger partial charge in [0.1, 0.15) is 0 Å². The summed E-state index contributed by atoms with van der Waals surface area (Å²) in [4.78, 5) is 0. The van der Waals surface area contributed by atoms with Gasteiger partial charge in [0.15, 0.2) is 0 Å². The van der Waals surface area contributed by atoms with Gasteiger partial charge in [0.25, 0.3) is 0 Å². The Balaban J connectivity index is 0.00000168. The van der Waals surface area contributed by atoms with Crippen LogP contribution >= 0.6 is 0 Å². The van der Waals surface area contributed by atoms with Crippen molar-refractivity contribution in [2.24, 2.45) is 0 Å². The first-order valence-corrected chi connectivity index (χ1v) is 25.0. The minimum Gasteiger partial charge on any atom is -1.00 e. The monoisotopic (exact) mass is 718 g/mol. The summed E-state index contributed by atoms with van der Waals surface area (Å²) in [5.74, 6) is 0. The van der Waals surface area contributed by atoms with Crippen LogP contribution in [0.3, 0.4) is 0 Å². The second-order valence-corrected chi connectivity index (χ2v) is 35.4. The van der Waals surface area contributed by atoms with Crippen LogP contribution in [0.1, 0.15) is 43.5 Å². The van der Waals surface area contributed by atoms with E-state index >= 15 is 0 Å². The first-order valence-electron chi connectivity index (χ1n) is 12.9. The van der Waals surface area contributed by atoms with E-state index < -0.39 is 20.1 Å². The third kappa shape index (κ3) is 5.26. The summed E-state index contributed by atoms with van der Waals surface area (Å²) in [5.41, 5.74) is 14.3. The maximum absolute atomic E-state index is 2.61. The molecule has 0 saturated carbocycles. The smallest absolute Gasteiger partial charge is 1.00 e. The Kier molecular flexibility index (Phi) is 9.20.